The minimum absolute atomic E-state index is 0.120. The first-order valence-electron chi connectivity index (χ1n) is 5.50. The fraction of sp³-hybridized carbons (Fsp3) is 0.500. The minimum atomic E-state index is -0.499. The second-order valence-electron chi connectivity index (χ2n) is 5.14. The Morgan fingerprint density at radius 1 is 1.47 bits per heavy atom. The Labute approximate surface area is 100 Å². The number of pyridine rings is 1. The molecule has 0 fully saturated rings. The van der Waals surface area contributed by atoms with Gasteiger partial charge in [0, 0.05) is 0 Å². The van der Waals surface area contributed by atoms with Gasteiger partial charge in [0.1, 0.15) is 11.4 Å². The van der Waals surface area contributed by atoms with Crippen molar-refractivity contribution in [3.8, 4) is 5.75 Å². The number of amides is 1. The van der Waals surface area contributed by atoms with Gasteiger partial charge in [-0.15, -0.1) is 0 Å². The predicted octanol–water partition coefficient (Wildman–Crippen LogP) is 2.04. The van der Waals surface area contributed by atoms with E-state index in [-0.39, 0.29) is 11.8 Å². The maximum atomic E-state index is 11.8. The quantitative estimate of drug-likeness (QED) is 0.748. The van der Waals surface area contributed by atoms with Crippen LogP contribution in [0.5, 0.6) is 5.75 Å². The Balaban J connectivity index is 2.07. The Bertz CT molecular complexity index is 452. The molecule has 0 saturated carbocycles. The summed E-state index contributed by atoms with van der Waals surface area (Å²) in [5.74, 6) is 0.120. The van der Waals surface area contributed by atoms with Crippen LogP contribution in [0, 0.1) is 0 Å². The third-order valence-corrected chi connectivity index (χ3v) is 2.40. The molecule has 2 heterocycles. The number of carbonyl (C=O) groups excluding carboxylic acids is 1. The molecule has 0 radical (unpaired) electrons. The van der Waals surface area contributed by atoms with Crippen LogP contribution in [0.25, 0.3) is 0 Å². The van der Waals surface area contributed by atoms with Gasteiger partial charge in [-0.2, -0.15) is 0 Å². The molecule has 0 unspecified atom stereocenters. The summed E-state index contributed by atoms with van der Waals surface area (Å²) < 4.78 is 5.28. The highest BCUT2D eigenvalue weighted by Crippen LogP contribution is 2.25. The summed E-state index contributed by atoms with van der Waals surface area (Å²) in [6.07, 6.45) is 1.03. The fourth-order valence-electron chi connectivity index (χ4n) is 1.70. The van der Waals surface area contributed by atoms with Crippen LogP contribution in [0.3, 0.4) is 0 Å². The highest BCUT2D eigenvalue weighted by molar-refractivity contribution is 5.69. The zero-order chi connectivity index (χ0) is 12.6. The maximum Gasteiger partial charge on any atom is 0.410 e. The highest BCUT2D eigenvalue weighted by atomic mass is 16.6. The van der Waals surface area contributed by atoms with Crippen molar-refractivity contribution in [1.82, 2.24) is 9.88 Å². The Morgan fingerprint density at radius 2 is 2.18 bits per heavy atom. The molecule has 1 aliphatic rings. The molecule has 17 heavy (non-hydrogen) atoms. The van der Waals surface area contributed by atoms with Crippen LogP contribution in [-0.4, -0.2) is 26.7 Å². The second kappa shape index (κ2) is 3.91. The average Bonchev–Trinajstić information content (AvgIpc) is 2.57. The summed E-state index contributed by atoms with van der Waals surface area (Å²) in [5.41, 5.74) is 1.19. The standard InChI is InChI=1S/C12H16N2O3/c1-12(2,3)17-11(16)14-6-8-4-9(15)5-13-10(8)7-14/h4-5,15H,6-7H2,1-3H3. The summed E-state index contributed by atoms with van der Waals surface area (Å²) in [6.45, 7) is 6.37. The van der Waals surface area contributed by atoms with Crippen LogP contribution in [0.4, 0.5) is 4.79 Å². The van der Waals surface area contributed by atoms with E-state index in [1.54, 1.807) is 11.0 Å². The fourth-order valence-corrected chi connectivity index (χ4v) is 1.70. The third-order valence-electron chi connectivity index (χ3n) is 2.40. The van der Waals surface area contributed by atoms with Crippen LogP contribution in [0.2, 0.25) is 0 Å². The lowest BCUT2D eigenvalue weighted by Gasteiger charge is -2.23. The summed E-state index contributed by atoms with van der Waals surface area (Å²) >= 11 is 0. The van der Waals surface area contributed by atoms with Gasteiger partial charge in [-0.1, -0.05) is 0 Å². The van der Waals surface area contributed by atoms with Crippen LogP contribution in [0.1, 0.15) is 32.0 Å². The van der Waals surface area contributed by atoms with E-state index < -0.39 is 5.60 Å². The van der Waals surface area contributed by atoms with Crippen LogP contribution < -0.4 is 0 Å². The number of hydrogen-bond acceptors (Lipinski definition) is 4. The third kappa shape index (κ3) is 2.67. The molecule has 5 heteroatoms. The molecule has 1 N–H and O–H groups in total. The smallest absolute Gasteiger partial charge is 0.410 e. The summed E-state index contributed by atoms with van der Waals surface area (Å²) in [7, 11) is 0. The molecular formula is C12H16N2O3. The lowest BCUT2D eigenvalue weighted by Crippen LogP contribution is -2.33. The normalized spacial score (nSPS) is 14.6. The first kappa shape index (κ1) is 11.7. The van der Waals surface area contributed by atoms with E-state index in [2.05, 4.69) is 4.98 Å². The molecule has 5 nitrogen and oxygen atoms in total. The number of fused-ring (bicyclic) bond motifs is 1. The molecular weight excluding hydrogens is 220 g/mol. The van der Waals surface area contributed by atoms with E-state index in [0.717, 1.165) is 11.3 Å². The van der Waals surface area contributed by atoms with Gasteiger partial charge in [0.2, 0.25) is 0 Å². The SMILES string of the molecule is CC(C)(C)OC(=O)N1Cc2cc(O)cnc2C1. The van der Waals surface area contributed by atoms with Crippen molar-refractivity contribution in [3.05, 3.63) is 23.5 Å². The topological polar surface area (TPSA) is 62.7 Å². The second-order valence-corrected chi connectivity index (χ2v) is 5.14. The molecule has 1 aliphatic heterocycles. The monoisotopic (exact) mass is 236 g/mol. The van der Waals surface area contributed by atoms with Crippen molar-refractivity contribution in [1.29, 1.82) is 0 Å². The first-order chi connectivity index (χ1) is 7.85. The molecule has 1 aromatic heterocycles. The molecule has 0 saturated heterocycles. The number of aromatic nitrogens is 1. The molecule has 0 atom stereocenters. The van der Waals surface area contributed by atoms with Crippen molar-refractivity contribution >= 4 is 6.09 Å². The molecule has 0 aliphatic carbocycles. The highest BCUT2D eigenvalue weighted by Gasteiger charge is 2.28. The molecule has 2 rings (SSSR count). The van der Waals surface area contributed by atoms with Gasteiger partial charge in [-0.05, 0) is 32.4 Å². The van der Waals surface area contributed by atoms with Crippen molar-refractivity contribution in [2.45, 2.75) is 39.5 Å². The van der Waals surface area contributed by atoms with Gasteiger partial charge < -0.3 is 9.84 Å². The molecule has 92 valence electrons. The van der Waals surface area contributed by atoms with Crippen molar-refractivity contribution in [3.63, 3.8) is 0 Å². The lowest BCUT2D eigenvalue weighted by atomic mass is 10.2. The van der Waals surface area contributed by atoms with E-state index >= 15 is 0 Å². The Hall–Kier alpha value is -1.78. The molecule has 0 spiro atoms. The van der Waals surface area contributed by atoms with Crippen molar-refractivity contribution < 1.29 is 14.6 Å². The zero-order valence-electron chi connectivity index (χ0n) is 10.2. The predicted molar refractivity (Wildman–Crippen MR) is 61.4 cm³/mol. The van der Waals surface area contributed by atoms with E-state index in [1.165, 1.54) is 6.20 Å². The maximum absolute atomic E-state index is 11.8. The zero-order valence-corrected chi connectivity index (χ0v) is 10.2. The summed E-state index contributed by atoms with van der Waals surface area (Å²) in [4.78, 5) is 17.5. The number of hydrogen-bond donors (Lipinski definition) is 1. The first-order valence-corrected chi connectivity index (χ1v) is 5.50. The average molecular weight is 236 g/mol. The van der Waals surface area contributed by atoms with Crippen LogP contribution in [0.15, 0.2) is 12.3 Å². The Kier molecular flexibility index (Phi) is 2.69. The van der Waals surface area contributed by atoms with Crippen molar-refractivity contribution in [2.24, 2.45) is 0 Å². The molecule has 0 aromatic carbocycles. The van der Waals surface area contributed by atoms with Gasteiger partial charge >= 0.3 is 6.09 Å². The summed E-state index contributed by atoms with van der Waals surface area (Å²) in [5, 5.41) is 9.31. The summed E-state index contributed by atoms with van der Waals surface area (Å²) in [6, 6.07) is 1.63. The van der Waals surface area contributed by atoms with Gasteiger partial charge in [-0.3, -0.25) is 9.88 Å². The van der Waals surface area contributed by atoms with Crippen LogP contribution >= 0.6 is 0 Å². The van der Waals surface area contributed by atoms with Gasteiger partial charge in [-0.25, -0.2) is 4.79 Å². The number of carbonyl (C=O) groups is 1. The van der Waals surface area contributed by atoms with E-state index in [0.29, 0.717) is 13.1 Å². The number of ether oxygens (including phenoxy) is 1. The molecule has 1 aromatic rings. The minimum Gasteiger partial charge on any atom is -0.506 e. The van der Waals surface area contributed by atoms with E-state index in [9.17, 15) is 9.90 Å². The van der Waals surface area contributed by atoms with Gasteiger partial charge in [0.05, 0.1) is 25.0 Å². The van der Waals surface area contributed by atoms with Gasteiger partial charge in [0.15, 0.2) is 0 Å². The lowest BCUT2D eigenvalue weighted by molar-refractivity contribution is 0.0240. The van der Waals surface area contributed by atoms with Crippen LogP contribution in [-0.2, 0) is 17.8 Å². The molecule has 0 bridgehead atoms. The van der Waals surface area contributed by atoms with E-state index in [4.69, 9.17) is 4.74 Å². The van der Waals surface area contributed by atoms with E-state index in [1.807, 2.05) is 20.8 Å². The Morgan fingerprint density at radius 3 is 2.82 bits per heavy atom. The number of rotatable bonds is 0. The van der Waals surface area contributed by atoms with Crippen molar-refractivity contribution in [2.75, 3.05) is 0 Å². The number of aromatic hydroxyl groups is 1. The van der Waals surface area contributed by atoms with Gasteiger partial charge in [0.25, 0.3) is 0 Å². The molecule has 1 amide bonds. The largest absolute Gasteiger partial charge is 0.506 e. The number of nitrogens with zero attached hydrogens (tertiary/aromatic N) is 2.